The van der Waals surface area contributed by atoms with Crippen LogP contribution in [0.3, 0.4) is 0 Å². The second-order valence-electron chi connectivity index (χ2n) is 8.34. The third-order valence-electron chi connectivity index (χ3n) is 5.36. The molecule has 9 nitrogen and oxygen atoms in total. The number of halogens is 6. The van der Waals surface area contributed by atoms with Crippen LogP contribution < -0.4 is 0 Å². The van der Waals surface area contributed by atoms with E-state index in [1.54, 1.807) is 6.20 Å². The van der Waals surface area contributed by atoms with Crippen LogP contribution in [0.25, 0.3) is 0 Å². The minimum atomic E-state index is -5.08. The monoisotopic (exact) mass is 553 g/mol. The summed E-state index contributed by atoms with van der Waals surface area (Å²) in [6.07, 6.45) is -4.30. The van der Waals surface area contributed by atoms with E-state index >= 15 is 0 Å². The maximum absolute atomic E-state index is 10.6. The normalized spacial score (nSPS) is 21.3. The molecule has 210 valence electrons. The van der Waals surface area contributed by atoms with E-state index in [2.05, 4.69) is 20.9 Å². The van der Waals surface area contributed by atoms with Crippen molar-refractivity contribution in [3.8, 4) is 0 Å². The van der Waals surface area contributed by atoms with Gasteiger partial charge in [0.05, 0.1) is 36.3 Å². The summed E-state index contributed by atoms with van der Waals surface area (Å²) < 4.78 is 75.6. The van der Waals surface area contributed by atoms with E-state index in [0.717, 1.165) is 43.9 Å². The number of aliphatic carboxylic acids is 2. The number of carboxylic acids is 2. The van der Waals surface area contributed by atoms with Crippen molar-refractivity contribution in [1.82, 2.24) is 14.9 Å². The van der Waals surface area contributed by atoms with Gasteiger partial charge in [-0.3, -0.25) is 14.9 Å². The smallest absolute Gasteiger partial charge is 0.475 e. The maximum atomic E-state index is 10.6. The molecular weight excluding hydrogens is 528 g/mol. The third-order valence-corrected chi connectivity index (χ3v) is 5.36. The molecule has 4 heterocycles. The van der Waals surface area contributed by atoms with Crippen LogP contribution in [0.1, 0.15) is 24.2 Å². The zero-order valence-electron chi connectivity index (χ0n) is 19.8. The van der Waals surface area contributed by atoms with Crippen molar-refractivity contribution in [3.05, 3.63) is 60.2 Å². The SMILES string of the molecule is O=C(O)C(F)(F)F.O=C(O)C(F)(F)F.c1ccc(CO[C@@H]2CO[C@@]3(CCN(Cc4ccccn4)C3)C2)nc1. The molecule has 1 spiro atoms. The standard InChI is InChI=1S/C19H23N3O2.2C2HF3O2/c1-3-8-20-16(5-1)12-22-10-7-19(15-22)11-18(14-24-19)23-13-17-6-2-4-9-21-17;2*3-2(4,5)1(6)7/h1-6,8-9,18H,7,10-15H2;2*(H,6,7)/t18-,19-;;/m0../s1. The lowest BCUT2D eigenvalue weighted by atomic mass is 9.98. The van der Waals surface area contributed by atoms with Crippen LogP contribution in [-0.2, 0) is 32.2 Å². The molecule has 0 saturated carbocycles. The summed E-state index contributed by atoms with van der Waals surface area (Å²) in [7, 11) is 0. The highest BCUT2D eigenvalue weighted by Crippen LogP contribution is 2.36. The summed E-state index contributed by atoms with van der Waals surface area (Å²) in [6, 6.07) is 12.0. The van der Waals surface area contributed by atoms with Crippen molar-refractivity contribution in [2.24, 2.45) is 0 Å². The predicted octanol–water partition coefficient (Wildman–Crippen LogP) is 3.69. The van der Waals surface area contributed by atoms with Gasteiger partial charge in [-0.1, -0.05) is 12.1 Å². The van der Waals surface area contributed by atoms with Crippen LogP contribution >= 0.6 is 0 Å². The van der Waals surface area contributed by atoms with E-state index in [9.17, 15) is 26.3 Å². The average Bonchev–Trinajstić information content (AvgIpc) is 3.44. The number of nitrogens with zero attached hydrogens (tertiary/aromatic N) is 3. The fraction of sp³-hybridized carbons (Fsp3) is 0.478. The summed E-state index contributed by atoms with van der Waals surface area (Å²) >= 11 is 0. The fourth-order valence-corrected chi connectivity index (χ4v) is 3.66. The predicted molar refractivity (Wildman–Crippen MR) is 118 cm³/mol. The van der Waals surface area contributed by atoms with Crippen molar-refractivity contribution < 1.29 is 55.6 Å². The minimum Gasteiger partial charge on any atom is -0.475 e. The highest BCUT2D eigenvalue weighted by Gasteiger charge is 2.46. The Kier molecular flexibility index (Phi) is 11.0. The van der Waals surface area contributed by atoms with Crippen molar-refractivity contribution in [2.45, 2.75) is 50.1 Å². The Balaban J connectivity index is 0.000000301. The average molecular weight is 553 g/mol. The van der Waals surface area contributed by atoms with Crippen molar-refractivity contribution in [1.29, 1.82) is 0 Å². The molecule has 2 fully saturated rings. The van der Waals surface area contributed by atoms with Gasteiger partial charge in [0.15, 0.2) is 0 Å². The first-order valence-electron chi connectivity index (χ1n) is 11.1. The number of carbonyl (C=O) groups is 2. The quantitative estimate of drug-likeness (QED) is 0.534. The van der Waals surface area contributed by atoms with E-state index in [4.69, 9.17) is 29.3 Å². The Bertz CT molecular complexity index is 1000. The highest BCUT2D eigenvalue weighted by atomic mass is 19.4. The molecule has 0 aliphatic carbocycles. The lowest BCUT2D eigenvalue weighted by Crippen LogP contribution is -2.33. The Hall–Kier alpha value is -3.30. The van der Waals surface area contributed by atoms with Crippen LogP contribution in [0, 0.1) is 0 Å². The lowest BCUT2D eigenvalue weighted by molar-refractivity contribution is -0.193. The number of ether oxygens (including phenoxy) is 2. The molecule has 38 heavy (non-hydrogen) atoms. The van der Waals surface area contributed by atoms with Gasteiger partial charge >= 0.3 is 24.3 Å². The number of aromatic nitrogens is 2. The van der Waals surface area contributed by atoms with Crippen LogP contribution in [-0.4, -0.2) is 80.8 Å². The van der Waals surface area contributed by atoms with Gasteiger partial charge in [0, 0.05) is 38.4 Å². The molecule has 2 aromatic rings. The zero-order valence-corrected chi connectivity index (χ0v) is 19.8. The zero-order chi connectivity index (χ0) is 28.4. The van der Waals surface area contributed by atoms with Gasteiger partial charge < -0.3 is 19.7 Å². The highest BCUT2D eigenvalue weighted by molar-refractivity contribution is 5.73. The number of hydrogen-bond acceptors (Lipinski definition) is 7. The molecule has 0 aromatic carbocycles. The van der Waals surface area contributed by atoms with Crippen LogP contribution in [0.5, 0.6) is 0 Å². The van der Waals surface area contributed by atoms with E-state index < -0.39 is 24.3 Å². The van der Waals surface area contributed by atoms with Gasteiger partial charge in [-0.15, -0.1) is 0 Å². The fourth-order valence-electron chi connectivity index (χ4n) is 3.66. The first-order valence-corrected chi connectivity index (χ1v) is 11.1. The summed E-state index contributed by atoms with van der Waals surface area (Å²) in [5.74, 6) is -5.51. The van der Waals surface area contributed by atoms with Gasteiger partial charge in [0.2, 0.25) is 0 Å². The Morgan fingerprint density at radius 2 is 1.50 bits per heavy atom. The van der Waals surface area contributed by atoms with Crippen LogP contribution in [0.15, 0.2) is 48.8 Å². The Morgan fingerprint density at radius 1 is 0.974 bits per heavy atom. The Morgan fingerprint density at radius 3 is 1.97 bits per heavy atom. The second-order valence-corrected chi connectivity index (χ2v) is 8.34. The topological polar surface area (TPSA) is 122 Å². The summed E-state index contributed by atoms with van der Waals surface area (Å²) in [4.78, 5) is 29.0. The maximum Gasteiger partial charge on any atom is 0.490 e. The molecule has 4 rings (SSSR count). The molecule has 0 radical (unpaired) electrons. The first-order chi connectivity index (χ1) is 17.7. The van der Waals surface area contributed by atoms with Gasteiger partial charge in [0.1, 0.15) is 0 Å². The number of carboxylic acid groups (broad SMARTS) is 2. The summed E-state index contributed by atoms with van der Waals surface area (Å²) in [5, 5.41) is 14.2. The molecule has 0 unspecified atom stereocenters. The number of hydrogen-bond donors (Lipinski definition) is 2. The minimum absolute atomic E-state index is 0.0381. The van der Waals surface area contributed by atoms with E-state index in [-0.39, 0.29) is 11.7 Å². The molecule has 0 bridgehead atoms. The molecule has 2 atom stereocenters. The molecule has 2 aliphatic rings. The molecule has 2 N–H and O–H groups in total. The molecule has 0 amide bonds. The number of rotatable bonds is 5. The van der Waals surface area contributed by atoms with Crippen LogP contribution in [0.2, 0.25) is 0 Å². The largest absolute Gasteiger partial charge is 0.490 e. The summed E-state index contributed by atoms with van der Waals surface area (Å²) in [5.41, 5.74) is 2.06. The molecule has 2 aromatic heterocycles. The molecular formula is C23H25F6N3O6. The third kappa shape index (κ3) is 10.6. The number of alkyl halides is 6. The molecule has 15 heteroatoms. The van der Waals surface area contributed by atoms with E-state index in [1.165, 1.54) is 0 Å². The Labute approximate surface area is 213 Å². The van der Waals surface area contributed by atoms with Gasteiger partial charge in [-0.05, 0) is 30.7 Å². The molecule has 2 aliphatic heterocycles. The van der Waals surface area contributed by atoms with Crippen LogP contribution in [0.4, 0.5) is 26.3 Å². The molecule has 2 saturated heterocycles. The summed E-state index contributed by atoms with van der Waals surface area (Å²) in [6.45, 7) is 4.16. The van der Waals surface area contributed by atoms with Gasteiger partial charge in [-0.2, -0.15) is 26.3 Å². The van der Waals surface area contributed by atoms with Gasteiger partial charge in [-0.25, -0.2) is 9.59 Å². The first kappa shape index (κ1) is 30.9. The second kappa shape index (κ2) is 13.5. The van der Waals surface area contributed by atoms with E-state index in [0.29, 0.717) is 13.2 Å². The lowest BCUT2D eigenvalue weighted by Gasteiger charge is -2.23. The number of pyridine rings is 2. The van der Waals surface area contributed by atoms with Crippen molar-refractivity contribution >= 4 is 11.9 Å². The van der Waals surface area contributed by atoms with E-state index in [1.807, 2.05) is 36.5 Å². The van der Waals surface area contributed by atoms with Gasteiger partial charge in [0.25, 0.3) is 0 Å². The van der Waals surface area contributed by atoms with Crippen molar-refractivity contribution in [2.75, 3.05) is 19.7 Å². The van der Waals surface area contributed by atoms with Crippen molar-refractivity contribution in [3.63, 3.8) is 0 Å². The number of likely N-dealkylation sites (tertiary alicyclic amines) is 1.